The molecular formula is C16H26N2O. The third-order valence-electron chi connectivity index (χ3n) is 4.19. The first kappa shape index (κ1) is 14.0. The highest BCUT2D eigenvalue weighted by Crippen LogP contribution is 2.33. The molecule has 0 spiro atoms. The van der Waals surface area contributed by atoms with Crippen molar-refractivity contribution < 1.29 is 4.74 Å². The van der Waals surface area contributed by atoms with Crippen molar-refractivity contribution in [3.63, 3.8) is 0 Å². The number of rotatable bonds is 4. The predicted octanol–water partition coefficient (Wildman–Crippen LogP) is 3.90. The number of nitrogens with two attached hydrogens (primary N) is 1. The van der Waals surface area contributed by atoms with Gasteiger partial charge in [-0.25, -0.2) is 0 Å². The zero-order chi connectivity index (χ0) is 13.8. The Labute approximate surface area is 116 Å². The highest BCUT2D eigenvalue weighted by Gasteiger charge is 2.27. The van der Waals surface area contributed by atoms with Crippen LogP contribution in [0.2, 0.25) is 0 Å². The van der Waals surface area contributed by atoms with Crippen LogP contribution in [-0.4, -0.2) is 13.2 Å². The van der Waals surface area contributed by atoms with Crippen molar-refractivity contribution in [2.45, 2.75) is 45.6 Å². The van der Waals surface area contributed by atoms with Crippen molar-refractivity contribution in [2.24, 2.45) is 11.8 Å². The van der Waals surface area contributed by atoms with E-state index < -0.39 is 0 Å². The van der Waals surface area contributed by atoms with E-state index in [9.17, 15) is 0 Å². The van der Waals surface area contributed by atoms with E-state index in [0.29, 0.717) is 6.04 Å². The Morgan fingerprint density at radius 2 is 1.95 bits per heavy atom. The number of nitrogen functional groups attached to an aromatic ring is 1. The summed E-state index contributed by atoms with van der Waals surface area (Å²) in [5.74, 6) is 2.29. The summed E-state index contributed by atoms with van der Waals surface area (Å²) in [7, 11) is 1.68. The van der Waals surface area contributed by atoms with E-state index in [2.05, 4.69) is 19.2 Å². The van der Waals surface area contributed by atoms with Gasteiger partial charge in [-0.2, -0.15) is 0 Å². The molecule has 2 rings (SSSR count). The molecule has 1 aliphatic rings. The average Bonchev–Trinajstić information content (AvgIpc) is 2.38. The van der Waals surface area contributed by atoms with Crippen molar-refractivity contribution in [3.8, 4) is 5.75 Å². The topological polar surface area (TPSA) is 47.3 Å². The minimum Gasteiger partial charge on any atom is -0.497 e. The largest absolute Gasteiger partial charge is 0.497 e. The van der Waals surface area contributed by atoms with Gasteiger partial charge in [0.05, 0.1) is 7.11 Å². The van der Waals surface area contributed by atoms with Gasteiger partial charge in [0.15, 0.2) is 0 Å². The van der Waals surface area contributed by atoms with E-state index in [1.54, 1.807) is 7.11 Å². The molecule has 106 valence electrons. The van der Waals surface area contributed by atoms with Gasteiger partial charge in [0, 0.05) is 29.5 Å². The fraction of sp³-hybridized carbons (Fsp3) is 0.625. The van der Waals surface area contributed by atoms with Gasteiger partial charge in [0.1, 0.15) is 5.75 Å². The summed E-state index contributed by atoms with van der Waals surface area (Å²) in [6, 6.07) is 6.43. The Morgan fingerprint density at radius 1 is 1.21 bits per heavy atom. The van der Waals surface area contributed by atoms with Crippen molar-refractivity contribution in [2.75, 3.05) is 18.2 Å². The molecule has 19 heavy (non-hydrogen) atoms. The Morgan fingerprint density at radius 3 is 2.63 bits per heavy atom. The molecule has 2 unspecified atom stereocenters. The van der Waals surface area contributed by atoms with Crippen molar-refractivity contribution >= 4 is 11.4 Å². The van der Waals surface area contributed by atoms with Gasteiger partial charge in [0.25, 0.3) is 0 Å². The number of ether oxygens (including phenoxy) is 1. The van der Waals surface area contributed by atoms with Crippen LogP contribution in [0.4, 0.5) is 11.4 Å². The Bertz CT molecular complexity index is 417. The van der Waals surface area contributed by atoms with Gasteiger partial charge in [-0.15, -0.1) is 0 Å². The first-order chi connectivity index (χ1) is 9.10. The molecule has 1 aliphatic carbocycles. The van der Waals surface area contributed by atoms with Gasteiger partial charge in [-0.1, -0.05) is 26.7 Å². The monoisotopic (exact) mass is 262 g/mol. The average molecular weight is 262 g/mol. The zero-order valence-electron chi connectivity index (χ0n) is 12.3. The maximum atomic E-state index is 5.91. The van der Waals surface area contributed by atoms with E-state index in [0.717, 1.165) is 29.0 Å². The summed E-state index contributed by atoms with van der Waals surface area (Å²) in [5.41, 5.74) is 7.74. The molecule has 1 fully saturated rings. The maximum Gasteiger partial charge on any atom is 0.122 e. The zero-order valence-corrected chi connectivity index (χ0v) is 12.3. The molecule has 1 aromatic rings. The molecule has 0 aromatic heterocycles. The summed E-state index contributed by atoms with van der Waals surface area (Å²) in [4.78, 5) is 0. The van der Waals surface area contributed by atoms with E-state index >= 15 is 0 Å². The maximum absolute atomic E-state index is 5.91. The number of benzene rings is 1. The second kappa shape index (κ2) is 6.18. The quantitative estimate of drug-likeness (QED) is 0.809. The number of hydrogen-bond donors (Lipinski definition) is 2. The second-order valence-electron chi connectivity index (χ2n) is 5.94. The molecule has 0 saturated heterocycles. The Kier molecular flexibility index (Phi) is 4.56. The summed E-state index contributed by atoms with van der Waals surface area (Å²) in [5, 5.41) is 3.67. The van der Waals surface area contributed by atoms with Crippen LogP contribution in [0.15, 0.2) is 18.2 Å². The fourth-order valence-corrected chi connectivity index (χ4v) is 3.17. The summed E-state index contributed by atoms with van der Waals surface area (Å²) in [6.45, 7) is 4.65. The molecule has 0 radical (unpaired) electrons. The lowest BCUT2D eigenvalue weighted by Gasteiger charge is -2.35. The number of nitrogens with one attached hydrogen (secondary N) is 1. The molecule has 0 aliphatic heterocycles. The summed E-state index contributed by atoms with van der Waals surface area (Å²) in [6.07, 6.45) is 5.26. The molecule has 0 heterocycles. The van der Waals surface area contributed by atoms with Crippen LogP contribution in [0.1, 0.15) is 39.5 Å². The molecule has 3 nitrogen and oxygen atoms in total. The smallest absolute Gasteiger partial charge is 0.122 e. The van der Waals surface area contributed by atoms with Crippen LogP contribution in [0.5, 0.6) is 5.75 Å². The Hall–Kier alpha value is -1.38. The molecule has 3 heteroatoms. The highest BCUT2D eigenvalue weighted by molar-refractivity contribution is 5.59. The third kappa shape index (κ3) is 3.55. The highest BCUT2D eigenvalue weighted by atomic mass is 16.5. The standard InChI is InChI=1S/C16H26N2O/c1-11(2)15-6-4-5-7-16(15)18-13-8-12(17)9-14(10-13)19-3/h8-11,15-16,18H,4-7,17H2,1-3H3. The first-order valence-electron chi connectivity index (χ1n) is 7.31. The van der Waals surface area contributed by atoms with Gasteiger partial charge in [-0.05, 0) is 30.7 Å². The number of methoxy groups -OCH3 is 1. The molecule has 0 bridgehead atoms. The van der Waals surface area contributed by atoms with Crippen LogP contribution in [0.25, 0.3) is 0 Å². The molecular weight excluding hydrogens is 236 g/mol. The van der Waals surface area contributed by atoms with Crippen molar-refractivity contribution in [1.82, 2.24) is 0 Å². The minimum absolute atomic E-state index is 0.556. The molecule has 3 N–H and O–H groups in total. The van der Waals surface area contributed by atoms with E-state index in [4.69, 9.17) is 10.5 Å². The number of anilines is 2. The van der Waals surface area contributed by atoms with Gasteiger partial charge >= 0.3 is 0 Å². The van der Waals surface area contributed by atoms with Gasteiger partial charge < -0.3 is 15.8 Å². The SMILES string of the molecule is COc1cc(N)cc(NC2CCCCC2C(C)C)c1. The predicted molar refractivity (Wildman–Crippen MR) is 81.6 cm³/mol. The second-order valence-corrected chi connectivity index (χ2v) is 5.94. The lowest BCUT2D eigenvalue weighted by Crippen LogP contribution is -2.35. The van der Waals surface area contributed by atoms with Crippen LogP contribution >= 0.6 is 0 Å². The van der Waals surface area contributed by atoms with Gasteiger partial charge in [-0.3, -0.25) is 0 Å². The lowest BCUT2D eigenvalue weighted by atomic mass is 9.78. The fourth-order valence-electron chi connectivity index (χ4n) is 3.17. The number of hydrogen-bond acceptors (Lipinski definition) is 3. The molecule has 0 amide bonds. The van der Waals surface area contributed by atoms with Gasteiger partial charge in [0.2, 0.25) is 0 Å². The normalized spacial score (nSPS) is 23.4. The summed E-state index contributed by atoms with van der Waals surface area (Å²) < 4.78 is 5.28. The first-order valence-corrected chi connectivity index (χ1v) is 7.31. The van der Waals surface area contributed by atoms with Crippen LogP contribution < -0.4 is 15.8 Å². The van der Waals surface area contributed by atoms with Crippen LogP contribution in [-0.2, 0) is 0 Å². The molecule has 1 saturated carbocycles. The minimum atomic E-state index is 0.556. The van der Waals surface area contributed by atoms with E-state index in [1.165, 1.54) is 25.7 Å². The van der Waals surface area contributed by atoms with E-state index in [1.807, 2.05) is 18.2 Å². The van der Waals surface area contributed by atoms with Crippen LogP contribution in [0.3, 0.4) is 0 Å². The third-order valence-corrected chi connectivity index (χ3v) is 4.19. The van der Waals surface area contributed by atoms with Crippen molar-refractivity contribution in [3.05, 3.63) is 18.2 Å². The van der Waals surface area contributed by atoms with E-state index in [-0.39, 0.29) is 0 Å². The Balaban J connectivity index is 2.12. The van der Waals surface area contributed by atoms with Crippen molar-refractivity contribution in [1.29, 1.82) is 0 Å². The van der Waals surface area contributed by atoms with Crippen LogP contribution in [0, 0.1) is 11.8 Å². The molecule has 1 aromatic carbocycles. The summed E-state index contributed by atoms with van der Waals surface area (Å²) >= 11 is 0. The molecule has 2 atom stereocenters. The lowest BCUT2D eigenvalue weighted by molar-refractivity contribution is 0.254.